The molecule has 0 aromatic carbocycles. The van der Waals surface area contributed by atoms with Crippen molar-refractivity contribution in [2.75, 3.05) is 40.3 Å². The molecule has 0 bridgehead atoms. The molecule has 0 radical (unpaired) electrons. The maximum Gasteiger partial charge on any atom is 0.242 e. The van der Waals surface area contributed by atoms with Crippen molar-refractivity contribution in [3.63, 3.8) is 0 Å². The quantitative estimate of drug-likeness (QED) is 0.769. The summed E-state index contributed by atoms with van der Waals surface area (Å²) in [5.41, 5.74) is 0. The van der Waals surface area contributed by atoms with E-state index in [1.54, 1.807) is 7.05 Å². The molecule has 1 fully saturated rings. The maximum atomic E-state index is 12.0. The minimum absolute atomic E-state index is 0.0627. The van der Waals surface area contributed by atoms with Crippen LogP contribution in [0.15, 0.2) is 0 Å². The third kappa shape index (κ3) is 4.64. The number of carbonyl (C=O) groups excluding carboxylic acids is 2. The van der Waals surface area contributed by atoms with Crippen LogP contribution in [0.3, 0.4) is 0 Å². The van der Waals surface area contributed by atoms with Crippen LogP contribution < -0.4 is 5.32 Å². The molecular formula is C13H25N3O2. The molecule has 0 saturated carbocycles. The van der Waals surface area contributed by atoms with Gasteiger partial charge in [0, 0.05) is 27.1 Å². The Balaban J connectivity index is 2.29. The van der Waals surface area contributed by atoms with Crippen LogP contribution in [0.1, 0.15) is 26.2 Å². The molecule has 1 saturated heterocycles. The summed E-state index contributed by atoms with van der Waals surface area (Å²) in [4.78, 5) is 26.4. The van der Waals surface area contributed by atoms with Crippen LogP contribution in [0.25, 0.3) is 0 Å². The van der Waals surface area contributed by atoms with Crippen molar-refractivity contribution in [2.24, 2.45) is 5.92 Å². The van der Waals surface area contributed by atoms with E-state index in [2.05, 4.69) is 5.32 Å². The number of carbonyl (C=O) groups is 2. The van der Waals surface area contributed by atoms with Crippen LogP contribution >= 0.6 is 0 Å². The molecule has 104 valence electrons. The smallest absolute Gasteiger partial charge is 0.242 e. The molecule has 2 amide bonds. The fourth-order valence-electron chi connectivity index (χ4n) is 2.23. The zero-order chi connectivity index (χ0) is 13.5. The van der Waals surface area contributed by atoms with Gasteiger partial charge < -0.3 is 15.1 Å². The third-order valence-electron chi connectivity index (χ3n) is 3.68. The third-order valence-corrected chi connectivity index (χ3v) is 3.68. The summed E-state index contributed by atoms with van der Waals surface area (Å²) < 4.78 is 0. The van der Waals surface area contributed by atoms with Gasteiger partial charge in [0.1, 0.15) is 0 Å². The lowest BCUT2D eigenvalue weighted by molar-refractivity contribution is -0.139. The first kappa shape index (κ1) is 15.0. The highest BCUT2D eigenvalue weighted by Crippen LogP contribution is 2.20. The summed E-state index contributed by atoms with van der Waals surface area (Å²) in [5, 5.41) is 3.16. The van der Waals surface area contributed by atoms with Crippen molar-refractivity contribution in [1.29, 1.82) is 0 Å². The zero-order valence-corrected chi connectivity index (χ0v) is 11.7. The largest absolute Gasteiger partial charge is 0.341 e. The number of rotatable bonds is 5. The number of hydrogen-bond donors (Lipinski definition) is 1. The number of nitrogens with one attached hydrogen (secondary N) is 1. The second-order valence-electron chi connectivity index (χ2n) is 5.09. The van der Waals surface area contributed by atoms with Crippen LogP contribution in [0.5, 0.6) is 0 Å². The van der Waals surface area contributed by atoms with Crippen LogP contribution in [-0.2, 0) is 9.59 Å². The predicted octanol–water partition coefficient (Wildman–Crippen LogP) is 0.313. The van der Waals surface area contributed by atoms with Crippen molar-refractivity contribution >= 4 is 11.8 Å². The SMILES string of the molecule is CNCCC1CCN(C(=O)CN(C)C(C)=O)CC1. The first-order valence-corrected chi connectivity index (χ1v) is 6.68. The highest BCUT2D eigenvalue weighted by Gasteiger charge is 2.23. The van der Waals surface area contributed by atoms with E-state index in [0.717, 1.165) is 38.4 Å². The number of likely N-dealkylation sites (tertiary alicyclic amines) is 1. The Morgan fingerprint density at radius 2 is 1.94 bits per heavy atom. The summed E-state index contributed by atoms with van der Waals surface area (Å²) in [6, 6.07) is 0. The summed E-state index contributed by atoms with van der Waals surface area (Å²) in [6.45, 7) is 4.40. The first-order valence-electron chi connectivity index (χ1n) is 6.68. The van der Waals surface area contributed by atoms with Gasteiger partial charge in [-0.15, -0.1) is 0 Å². The van der Waals surface area contributed by atoms with Crippen LogP contribution in [0.2, 0.25) is 0 Å². The lowest BCUT2D eigenvalue weighted by Crippen LogP contribution is -2.44. The lowest BCUT2D eigenvalue weighted by atomic mass is 9.93. The van der Waals surface area contributed by atoms with Gasteiger partial charge in [-0.2, -0.15) is 0 Å². The molecule has 1 aliphatic heterocycles. The van der Waals surface area contributed by atoms with E-state index < -0.39 is 0 Å². The molecule has 0 spiro atoms. The molecule has 1 rings (SSSR count). The number of nitrogens with zero attached hydrogens (tertiary/aromatic N) is 2. The lowest BCUT2D eigenvalue weighted by Gasteiger charge is -2.33. The van der Waals surface area contributed by atoms with E-state index in [0.29, 0.717) is 0 Å². The molecule has 5 heteroatoms. The molecule has 1 heterocycles. The first-order chi connectivity index (χ1) is 8.54. The Hall–Kier alpha value is -1.10. The summed E-state index contributed by atoms with van der Waals surface area (Å²) in [6.07, 6.45) is 3.35. The average Bonchev–Trinajstić information content (AvgIpc) is 2.36. The van der Waals surface area contributed by atoms with Gasteiger partial charge in [-0.3, -0.25) is 9.59 Å². The number of likely N-dealkylation sites (N-methyl/N-ethyl adjacent to an activating group) is 1. The molecular weight excluding hydrogens is 230 g/mol. The van der Waals surface area contributed by atoms with E-state index in [4.69, 9.17) is 0 Å². The number of hydrogen-bond acceptors (Lipinski definition) is 3. The van der Waals surface area contributed by atoms with Crippen molar-refractivity contribution in [3.05, 3.63) is 0 Å². The fourth-order valence-corrected chi connectivity index (χ4v) is 2.23. The summed E-state index contributed by atoms with van der Waals surface area (Å²) in [7, 11) is 3.64. The molecule has 1 aliphatic rings. The zero-order valence-electron chi connectivity index (χ0n) is 11.7. The Labute approximate surface area is 110 Å². The van der Waals surface area contributed by atoms with Gasteiger partial charge in [-0.1, -0.05) is 0 Å². The molecule has 1 N–H and O–H groups in total. The topological polar surface area (TPSA) is 52.7 Å². The van der Waals surface area contributed by atoms with E-state index in [1.807, 2.05) is 11.9 Å². The number of amides is 2. The summed E-state index contributed by atoms with van der Waals surface area (Å²) in [5.74, 6) is 0.735. The van der Waals surface area contributed by atoms with Crippen molar-refractivity contribution in [1.82, 2.24) is 15.1 Å². The van der Waals surface area contributed by atoms with Gasteiger partial charge in [-0.05, 0) is 38.8 Å². The van der Waals surface area contributed by atoms with Crippen molar-refractivity contribution in [3.8, 4) is 0 Å². The molecule has 0 unspecified atom stereocenters. The predicted molar refractivity (Wildman–Crippen MR) is 71.2 cm³/mol. The fraction of sp³-hybridized carbons (Fsp3) is 0.846. The maximum absolute atomic E-state index is 12.0. The minimum atomic E-state index is -0.0627. The molecule has 5 nitrogen and oxygen atoms in total. The molecule has 0 aromatic heterocycles. The second kappa shape index (κ2) is 7.36. The standard InChI is InChI=1S/C13H25N3O2/c1-11(17)15(3)10-13(18)16-8-5-12(6-9-16)4-7-14-2/h12,14H,4-10H2,1-3H3. The minimum Gasteiger partial charge on any atom is -0.341 e. The molecule has 0 aromatic rings. The van der Waals surface area contributed by atoms with Crippen molar-refractivity contribution in [2.45, 2.75) is 26.2 Å². The van der Waals surface area contributed by atoms with Gasteiger partial charge in [0.2, 0.25) is 11.8 Å². The second-order valence-corrected chi connectivity index (χ2v) is 5.09. The van der Waals surface area contributed by atoms with Crippen LogP contribution in [0, 0.1) is 5.92 Å². The van der Waals surface area contributed by atoms with Gasteiger partial charge in [-0.25, -0.2) is 0 Å². The number of piperidine rings is 1. The van der Waals surface area contributed by atoms with Gasteiger partial charge in [0.15, 0.2) is 0 Å². The van der Waals surface area contributed by atoms with E-state index in [-0.39, 0.29) is 18.4 Å². The highest BCUT2D eigenvalue weighted by atomic mass is 16.2. The van der Waals surface area contributed by atoms with Crippen molar-refractivity contribution < 1.29 is 9.59 Å². The van der Waals surface area contributed by atoms with E-state index >= 15 is 0 Å². The van der Waals surface area contributed by atoms with Gasteiger partial charge in [0.05, 0.1) is 6.54 Å². The average molecular weight is 255 g/mol. The van der Waals surface area contributed by atoms with E-state index in [1.165, 1.54) is 18.2 Å². The normalized spacial score (nSPS) is 16.7. The van der Waals surface area contributed by atoms with Crippen LogP contribution in [0.4, 0.5) is 0 Å². The highest BCUT2D eigenvalue weighted by molar-refractivity contribution is 5.83. The van der Waals surface area contributed by atoms with Crippen LogP contribution in [-0.4, -0.2) is 61.9 Å². The molecule has 0 aliphatic carbocycles. The van der Waals surface area contributed by atoms with Gasteiger partial charge in [0.25, 0.3) is 0 Å². The van der Waals surface area contributed by atoms with Gasteiger partial charge >= 0.3 is 0 Å². The Morgan fingerprint density at radius 3 is 2.44 bits per heavy atom. The van der Waals surface area contributed by atoms with E-state index in [9.17, 15) is 9.59 Å². The summed E-state index contributed by atoms with van der Waals surface area (Å²) >= 11 is 0. The Bertz CT molecular complexity index is 286. The monoisotopic (exact) mass is 255 g/mol. The Morgan fingerprint density at radius 1 is 1.33 bits per heavy atom. The molecule has 0 atom stereocenters. The Kier molecular flexibility index (Phi) is 6.12. The molecule has 18 heavy (non-hydrogen) atoms.